The Morgan fingerprint density at radius 1 is 1.08 bits per heavy atom. The van der Waals surface area contributed by atoms with Crippen LogP contribution in [0.3, 0.4) is 0 Å². The second-order valence-electron chi connectivity index (χ2n) is 11.3. The van der Waals surface area contributed by atoms with Crippen molar-refractivity contribution in [3.8, 4) is 23.0 Å². The van der Waals surface area contributed by atoms with Gasteiger partial charge in [0.2, 0.25) is 0 Å². The van der Waals surface area contributed by atoms with E-state index in [-0.39, 0.29) is 47.1 Å². The van der Waals surface area contributed by atoms with Crippen LogP contribution in [0, 0.1) is 5.82 Å². The predicted octanol–water partition coefficient (Wildman–Crippen LogP) is 4.62. The van der Waals surface area contributed by atoms with Gasteiger partial charge in [0.25, 0.3) is 0 Å². The molecule has 3 aliphatic rings. The van der Waals surface area contributed by atoms with E-state index < -0.39 is 5.82 Å². The van der Waals surface area contributed by atoms with Gasteiger partial charge < -0.3 is 25.4 Å². The largest absolute Gasteiger partial charge is 0.508 e. The zero-order valence-corrected chi connectivity index (χ0v) is 22.1. The van der Waals surface area contributed by atoms with Gasteiger partial charge in [0.1, 0.15) is 29.4 Å². The minimum absolute atomic E-state index is 0.0549. The zero-order chi connectivity index (χ0) is 26.7. The van der Waals surface area contributed by atoms with Gasteiger partial charge in [-0.05, 0) is 75.0 Å². The van der Waals surface area contributed by atoms with E-state index in [2.05, 4.69) is 26.8 Å². The molecule has 3 N–H and O–H groups in total. The fourth-order valence-corrected chi connectivity index (χ4v) is 6.89. The number of hydrogen-bond acceptors (Lipinski definition) is 8. The van der Waals surface area contributed by atoms with Crippen LogP contribution in [-0.4, -0.2) is 69.3 Å². The van der Waals surface area contributed by atoms with Crippen molar-refractivity contribution in [1.29, 1.82) is 0 Å². The lowest BCUT2D eigenvalue weighted by Gasteiger charge is -2.39. The van der Waals surface area contributed by atoms with Crippen molar-refractivity contribution in [2.24, 2.45) is 5.73 Å². The molecule has 4 atom stereocenters. The molecule has 4 aromatic rings. The Bertz CT molecular complexity index is 1550. The summed E-state index contributed by atoms with van der Waals surface area (Å²) in [4.78, 5) is 18.7. The van der Waals surface area contributed by atoms with E-state index in [9.17, 15) is 5.11 Å². The maximum absolute atomic E-state index is 16.5. The number of nitrogens with zero attached hydrogens (tertiary/aromatic N) is 5. The van der Waals surface area contributed by atoms with Crippen molar-refractivity contribution < 1.29 is 14.2 Å². The van der Waals surface area contributed by atoms with Gasteiger partial charge in [-0.15, -0.1) is 0 Å². The molecule has 8 nitrogen and oxygen atoms in total. The molecule has 0 unspecified atom stereocenters. The van der Waals surface area contributed by atoms with E-state index in [4.69, 9.17) is 15.5 Å². The molecule has 39 heavy (non-hydrogen) atoms. The maximum atomic E-state index is 16.5. The summed E-state index contributed by atoms with van der Waals surface area (Å²) in [5.41, 5.74) is 7.20. The summed E-state index contributed by atoms with van der Waals surface area (Å²) in [5, 5.41) is 12.6. The van der Waals surface area contributed by atoms with Crippen molar-refractivity contribution in [1.82, 2.24) is 19.9 Å². The van der Waals surface area contributed by atoms with Gasteiger partial charge >= 0.3 is 6.01 Å². The third kappa shape index (κ3) is 4.24. The third-order valence-electron chi connectivity index (χ3n) is 8.84. The van der Waals surface area contributed by atoms with Crippen LogP contribution in [0.4, 0.5) is 10.2 Å². The normalized spacial score (nSPS) is 25.2. The van der Waals surface area contributed by atoms with Crippen LogP contribution in [-0.2, 0) is 0 Å². The monoisotopic (exact) mass is 528 g/mol. The van der Waals surface area contributed by atoms with Gasteiger partial charge in [-0.1, -0.05) is 24.3 Å². The molecule has 202 valence electrons. The number of hydrogen-bond donors (Lipinski definition) is 2. The predicted molar refractivity (Wildman–Crippen MR) is 150 cm³/mol. The van der Waals surface area contributed by atoms with Crippen LogP contribution in [0.15, 0.2) is 42.6 Å². The van der Waals surface area contributed by atoms with E-state index in [1.807, 2.05) is 24.3 Å². The quantitative estimate of drug-likeness (QED) is 0.387. The average Bonchev–Trinajstić information content (AvgIpc) is 3.46. The molecule has 3 aliphatic heterocycles. The highest BCUT2D eigenvalue weighted by Gasteiger charge is 2.41. The van der Waals surface area contributed by atoms with Crippen molar-refractivity contribution in [2.75, 3.05) is 25.1 Å². The summed E-state index contributed by atoms with van der Waals surface area (Å²) in [5.74, 6) is 0.183. The number of rotatable bonds is 5. The number of benzene rings is 2. The summed E-state index contributed by atoms with van der Waals surface area (Å²) in [7, 11) is 2.10. The fourth-order valence-electron chi connectivity index (χ4n) is 6.89. The first-order valence-corrected chi connectivity index (χ1v) is 13.9. The Morgan fingerprint density at radius 2 is 1.87 bits per heavy atom. The van der Waals surface area contributed by atoms with E-state index in [0.717, 1.165) is 55.8 Å². The number of aromatic nitrogens is 3. The number of fused-ring (bicyclic) bond motifs is 4. The minimum atomic E-state index is -0.546. The maximum Gasteiger partial charge on any atom is 0.319 e. The summed E-state index contributed by atoms with van der Waals surface area (Å²) in [6.45, 7) is 1.49. The highest BCUT2D eigenvalue weighted by Crippen LogP contribution is 2.42. The van der Waals surface area contributed by atoms with Gasteiger partial charge in [0, 0.05) is 35.9 Å². The van der Waals surface area contributed by atoms with Gasteiger partial charge in [-0.25, -0.2) is 4.39 Å². The first kappa shape index (κ1) is 24.5. The zero-order valence-electron chi connectivity index (χ0n) is 22.1. The molecule has 2 aromatic heterocycles. The Hall–Kier alpha value is -3.56. The van der Waals surface area contributed by atoms with Gasteiger partial charge in [-0.3, -0.25) is 4.98 Å². The molecular weight excluding hydrogens is 495 g/mol. The van der Waals surface area contributed by atoms with Crippen molar-refractivity contribution >= 4 is 27.5 Å². The van der Waals surface area contributed by atoms with E-state index >= 15 is 4.39 Å². The molecule has 2 aromatic carbocycles. The molecule has 3 saturated heterocycles. The molecule has 0 radical (unpaired) electrons. The number of piperidine rings is 1. The Balaban J connectivity index is 1.38. The number of phenolic OH excluding ortho intramolecular Hbond substituents is 1. The Morgan fingerprint density at radius 3 is 2.64 bits per heavy atom. The van der Waals surface area contributed by atoms with Crippen LogP contribution in [0.5, 0.6) is 11.8 Å². The molecule has 0 spiro atoms. The highest BCUT2D eigenvalue weighted by atomic mass is 19.1. The Labute approximate surface area is 226 Å². The van der Waals surface area contributed by atoms with Crippen molar-refractivity contribution in [3.05, 3.63) is 48.4 Å². The number of likely N-dealkylation sites (N-methyl/N-ethyl adjacent to an activating group) is 1. The molecule has 9 heteroatoms. The van der Waals surface area contributed by atoms with Crippen molar-refractivity contribution in [2.45, 2.75) is 62.7 Å². The van der Waals surface area contributed by atoms with Crippen LogP contribution in [0.2, 0.25) is 0 Å². The lowest BCUT2D eigenvalue weighted by atomic mass is 9.97. The lowest BCUT2D eigenvalue weighted by Crippen LogP contribution is -2.48. The molecule has 3 fully saturated rings. The second kappa shape index (κ2) is 9.57. The Kier molecular flexibility index (Phi) is 6.01. The van der Waals surface area contributed by atoms with E-state index in [0.29, 0.717) is 23.4 Å². The van der Waals surface area contributed by atoms with Crippen LogP contribution in [0.1, 0.15) is 38.5 Å². The molecular formula is C30H33FN6O2. The molecule has 5 heterocycles. The molecule has 0 saturated carbocycles. The number of phenols is 1. The average molecular weight is 529 g/mol. The summed E-state index contributed by atoms with van der Waals surface area (Å²) < 4.78 is 22.6. The number of pyridine rings is 1. The number of halogens is 1. The SMILES string of the molecule is CN1CCC[C@H]1COc1nc(N2[C@@H]3CC[C@H]2C[C@H](N)C3)c2cnc(-c3cc(O)cc4ccccc34)c(F)c2n1. The van der Waals surface area contributed by atoms with E-state index in [1.54, 1.807) is 18.3 Å². The summed E-state index contributed by atoms with van der Waals surface area (Å²) in [6, 6.07) is 11.9. The fraction of sp³-hybridized carbons (Fsp3) is 0.433. The van der Waals surface area contributed by atoms with E-state index in [1.165, 1.54) is 0 Å². The topological polar surface area (TPSA) is 101 Å². The summed E-state index contributed by atoms with van der Waals surface area (Å²) in [6.07, 6.45) is 7.70. The molecule has 7 rings (SSSR count). The highest BCUT2D eigenvalue weighted by molar-refractivity contribution is 6.00. The number of anilines is 1. The minimum Gasteiger partial charge on any atom is -0.508 e. The number of nitrogens with two attached hydrogens (primary N) is 1. The third-order valence-corrected chi connectivity index (χ3v) is 8.84. The van der Waals surface area contributed by atoms with Gasteiger partial charge in [0.15, 0.2) is 5.82 Å². The molecule has 2 bridgehead atoms. The smallest absolute Gasteiger partial charge is 0.319 e. The first-order chi connectivity index (χ1) is 19.0. The van der Waals surface area contributed by atoms with Gasteiger partial charge in [-0.2, -0.15) is 9.97 Å². The number of likely N-dealkylation sites (tertiary alicyclic amines) is 1. The lowest BCUT2D eigenvalue weighted by molar-refractivity contribution is 0.188. The van der Waals surface area contributed by atoms with Crippen LogP contribution in [0.25, 0.3) is 32.9 Å². The molecule has 0 amide bonds. The van der Waals surface area contributed by atoms with Crippen LogP contribution >= 0.6 is 0 Å². The summed E-state index contributed by atoms with van der Waals surface area (Å²) >= 11 is 0. The number of ether oxygens (including phenoxy) is 1. The van der Waals surface area contributed by atoms with Gasteiger partial charge in [0.05, 0.1) is 5.39 Å². The first-order valence-electron chi connectivity index (χ1n) is 13.9. The second-order valence-corrected chi connectivity index (χ2v) is 11.3. The number of aromatic hydroxyl groups is 1. The van der Waals surface area contributed by atoms with Crippen molar-refractivity contribution in [3.63, 3.8) is 0 Å². The standard InChI is InChI=1S/C30H33FN6O2/c1-36-10-4-6-21(36)16-39-30-34-28-25(29(35-30)37-19-8-9-20(37)13-18(32)12-19)15-33-27(26(28)31)24-14-22(38)11-17-5-2-3-7-23(17)24/h2-3,5,7,11,14-15,18-21,38H,4,6,8-10,12-13,16,32H2,1H3/t18-,19-,20+,21-/m0/s1. The molecule has 0 aliphatic carbocycles. The van der Waals surface area contributed by atoms with Crippen LogP contribution < -0.4 is 15.4 Å².